The Kier molecular flexibility index (Phi) is 4.53. The number of nitrogens with two attached hydrogens (primary N) is 1. The second kappa shape index (κ2) is 6.16. The summed E-state index contributed by atoms with van der Waals surface area (Å²) >= 11 is 12.1. The average Bonchev–Trinajstić information content (AvgIpc) is 2.44. The van der Waals surface area contributed by atoms with Crippen LogP contribution in [-0.2, 0) is 0 Å². The van der Waals surface area contributed by atoms with E-state index in [0.717, 1.165) is 5.69 Å². The van der Waals surface area contributed by atoms with E-state index in [-0.39, 0.29) is 10.9 Å². The van der Waals surface area contributed by atoms with Gasteiger partial charge in [-0.05, 0) is 43.3 Å². The molecule has 2 aromatic carbocycles. The minimum absolute atomic E-state index is 0.190. The quantitative estimate of drug-likeness (QED) is 0.862. The molecule has 1 amide bonds. The molecule has 0 spiro atoms. The van der Waals surface area contributed by atoms with Crippen molar-refractivity contribution in [1.82, 2.24) is 0 Å². The summed E-state index contributed by atoms with van der Waals surface area (Å²) in [6.45, 7) is 2.41. The molecule has 2 aromatic rings. The lowest BCUT2D eigenvalue weighted by molar-refractivity contribution is 0.0988. The third kappa shape index (κ3) is 2.89. The third-order valence-electron chi connectivity index (χ3n) is 2.95. The average molecular weight is 309 g/mol. The number of hydrogen-bond acceptors (Lipinski definition) is 2. The van der Waals surface area contributed by atoms with E-state index in [1.165, 1.54) is 0 Å². The molecule has 0 bridgehead atoms. The van der Waals surface area contributed by atoms with Crippen LogP contribution in [0.5, 0.6) is 0 Å². The highest BCUT2D eigenvalue weighted by Crippen LogP contribution is 2.28. The lowest BCUT2D eigenvalue weighted by Gasteiger charge is -2.22. The number of benzene rings is 2. The molecule has 104 valence electrons. The van der Waals surface area contributed by atoms with Crippen LogP contribution in [0.15, 0.2) is 42.5 Å². The molecule has 0 fully saturated rings. The number of hydrogen-bond donors (Lipinski definition) is 1. The minimum Gasteiger partial charge on any atom is -0.399 e. The Bertz CT molecular complexity index is 626. The molecule has 0 aliphatic carbocycles. The van der Waals surface area contributed by atoms with Crippen molar-refractivity contribution >= 4 is 40.5 Å². The fourth-order valence-corrected chi connectivity index (χ4v) is 2.29. The van der Waals surface area contributed by atoms with Crippen molar-refractivity contribution in [3.05, 3.63) is 58.1 Å². The molecular formula is C15H14Cl2N2O. The van der Waals surface area contributed by atoms with Gasteiger partial charge in [0.05, 0.1) is 15.6 Å². The van der Waals surface area contributed by atoms with Gasteiger partial charge >= 0.3 is 0 Å². The maximum absolute atomic E-state index is 12.6. The first-order valence-corrected chi connectivity index (χ1v) is 6.91. The zero-order chi connectivity index (χ0) is 14.7. The predicted octanol–water partition coefficient (Wildman–Crippen LogP) is 4.24. The first kappa shape index (κ1) is 14.7. The van der Waals surface area contributed by atoms with Gasteiger partial charge in [-0.1, -0.05) is 29.3 Å². The van der Waals surface area contributed by atoms with Crippen LogP contribution < -0.4 is 10.6 Å². The summed E-state index contributed by atoms with van der Waals surface area (Å²) in [7, 11) is 0. The van der Waals surface area contributed by atoms with E-state index >= 15 is 0 Å². The molecular weight excluding hydrogens is 295 g/mol. The van der Waals surface area contributed by atoms with E-state index in [4.69, 9.17) is 28.9 Å². The highest BCUT2D eigenvalue weighted by atomic mass is 35.5. The fraction of sp³-hybridized carbons (Fsp3) is 0.133. The van der Waals surface area contributed by atoms with Gasteiger partial charge < -0.3 is 10.6 Å². The Labute approximate surface area is 127 Å². The van der Waals surface area contributed by atoms with Gasteiger partial charge in [0, 0.05) is 17.9 Å². The maximum atomic E-state index is 12.6. The van der Waals surface area contributed by atoms with Crippen LogP contribution >= 0.6 is 23.2 Å². The fourth-order valence-electron chi connectivity index (χ4n) is 1.91. The van der Waals surface area contributed by atoms with E-state index < -0.39 is 0 Å². The largest absolute Gasteiger partial charge is 0.399 e. The second-order valence-corrected chi connectivity index (χ2v) is 5.03. The van der Waals surface area contributed by atoms with Crippen LogP contribution in [0.2, 0.25) is 10.0 Å². The molecule has 2 N–H and O–H groups in total. The van der Waals surface area contributed by atoms with Crippen molar-refractivity contribution in [2.45, 2.75) is 6.92 Å². The molecule has 0 saturated heterocycles. The van der Waals surface area contributed by atoms with E-state index in [1.807, 2.05) is 6.92 Å². The molecule has 0 atom stereocenters. The van der Waals surface area contributed by atoms with Gasteiger partial charge in [0.2, 0.25) is 0 Å². The SMILES string of the molecule is CCN(C(=O)c1cccc(Cl)c1Cl)c1ccc(N)cc1. The summed E-state index contributed by atoms with van der Waals surface area (Å²) in [5.41, 5.74) is 7.46. The first-order chi connectivity index (χ1) is 9.54. The van der Waals surface area contributed by atoms with Crippen LogP contribution in [0.1, 0.15) is 17.3 Å². The van der Waals surface area contributed by atoms with Gasteiger partial charge in [-0.25, -0.2) is 0 Å². The lowest BCUT2D eigenvalue weighted by atomic mass is 10.1. The molecule has 0 aliphatic heterocycles. The monoisotopic (exact) mass is 308 g/mol. The van der Waals surface area contributed by atoms with E-state index in [2.05, 4.69) is 0 Å². The number of rotatable bonds is 3. The second-order valence-electron chi connectivity index (χ2n) is 4.24. The molecule has 0 heterocycles. The standard InChI is InChI=1S/C15H14Cl2N2O/c1-2-19(11-8-6-10(18)7-9-11)15(20)12-4-3-5-13(16)14(12)17/h3-9H,2,18H2,1H3. The van der Waals surface area contributed by atoms with Crippen LogP contribution in [0.4, 0.5) is 11.4 Å². The summed E-state index contributed by atoms with van der Waals surface area (Å²) in [5, 5.41) is 0.638. The molecule has 0 aromatic heterocycles. The zero-order valence-electron chi connectivity index (χ0n) is 10.9. The molecule has 0 unspecified atom stereocenters. The number of carbonyl (C=O) groups is 1. The molecule has 0 aliphatic rings. The third-order valence-corrected chi connectivity index (χ3v) is 3.77. The Morgan fingerprint density at radius 3 is 2.40 bits per heavy atom. The summed E-state index contributed by atoms with van der Waals surface area (Å²) in [6, 6.07) is 12.1. The van der Waals surface area contributed by atoms with Crippen molar-refractivity contribution < 1.29 is 4.79 Å². The van der Waals surface area contributed by atoms with Crippen LogP contribution in [0, 0.1) is 0 Å². The predicted molar refractivity (Wildman–Crippen MR) is 84.7 cm³/mol. The Hall–Kier alpha value is -1.71. The number of anilines is 2. The Balaban J connectivity index is 2.39. The van der Waals surface area contributed by atoms with Crippen LogP contribution in [-0.4, -0.2) is 12.5 Å². The van der Waals surface area contributed by atoms with Crippen LogP contribution in [0.3, 0.4) is 0 Å². The molecule has 2 rings (SSSR count). The van der Waals surface area contributed by atoms with Gasteiger partial charge in [-0.15, -0.1) is 0 Å². The van der Waals surface area contributed by atoms with E-state index in [1.54, 1.807) is 47.4 Å². The molecule has 3 nitrogen and oxygen atoms in total. The van der Waals surface area contributed by atoms with Gasteiger partial charge in [0.15, 0.2) is 0 Å². The molecule has 5 heteroatoms. The lowest BCUT2D eigenvalue weighted by Crippen LogP contribution is -2.30. The van der Waals surface area contributed by atoms with Crippen molar-refractivity contribution in [1.29, 1.82) is 0 Å². The van der Waals surface area contributed by atoms with Crippen molar-refractivity contribution in [2.75, 3.05) is 17.2 Å². The van der Waals surface area contributed by atoms with E-state index in [0.29, 0.717) is 22.8 Å². The Morgan fingerprint density at radius 2 is 1.80 bits per heavy atom. The molecule has 0 radical (unpaired) electrons. The maximum Gasteiger partial charge on any atom is 0.259 e. The van der Waals surface area contributed by atoms with Gasteiger partial charge in [0.25, 0.3) is 5.91 Å². The van der Waals surface area contributed by atoms with Crippen LogP contribution in [0.25, 0.3) is 0 Å². The van der Waals surface area contributed by atoms with Gasteiger partial charge in [0.1, 0.15) is 0 Å². The summed E-state index contributed by atoms with van der Waals surface area (Å²) in [4.78, 5) is 14.2. The van der Waals surface area contributed by atoms with Gasteiger partial charge in [-0.2, -0.15) is 0 Å². The molecule has 0 saturated carbocycles. The number of nitrogens with zero attached hydrogens (tertiary/aromatic N) is 1. The van der Waals surface area contributed by atoms with Crippen molar-refractivity contribution in [3.8, 4) is 0 Å². The topological polar surface area (TPSA) is 46.3 Å². The summed E-state index contributed by atoms with van der Waals surface area (Å²) in [6.07, 6.45) is 0. The van der Waals surface area contributed by atoms with E-state index in [9.17, 15) is 4.79 Å². The smallest absolute Gasteiger partial charge is 0.259 e. The number of carbonyl (C=O) groups excluding carboxylic acids is 1. The van der Waals surface area contributed by atoms with Crippen molar-refractivity contribution in [2.24, 2.45) is 0 Å². The van der Waals surface area contributed by atoms with Crippen molar-refractivity contribution in [3.63, 3.8) is 0 Å². The number of halogens is 2. The first-order valence-electron chi connectivity index (χ1n) is 6.16. The summed E-state index contributed by atoms with van der Waals surface area (Å²) < 4.78 is 0. The highest BCUT2D eigenvalue weighted by Gasteiger charge is 2.19. The minimum atomic E-state index is -0.190. The Morgan fingerprint density at radius 1 is 1.15 bits per heavy atom. The summed E-state index contributed by atoms with van der Waals surface area (Å²) in [5.74, 6) is -0.190. The van der Waals surface area contributed by atoms with Gasteiger partial charge in [-0.3, -0.25) is 4.79 Å². The highest BCUT2D eigenvalue weighted by molar-refractivity contribution is 6.44. The molecule has 20 heavy (non-hydrogen) atoms. The normalized spacial score (nSPS) is 10.3. The number of nitrogen functional groups attached to an aromatic ring is 1. The number of amides is 1. The zero-order valence-corrected chi connectivity index (χ0v) is 12.4.